The third-order valence-electron chi connectivity index (χ3n) is 4.38. The molecule has 19 heavy (non-hydrogen) atoms. The lowest BCUT2D eigenvalue weighted by molar-refractivity contribution is -0.134. The first-order valence-corrected chi connectivity index (χ1v) is 6.98. The van der Waals surface area contributed by atoms with Gasteiger partial charge in [0.1, 0.15) is 11.5 Å². The molecule has 1 aromatic rings. The molecule has 0 radical (unpaired) electrons. The zero-order valence-corrected chi connectivity index (χ0v) is 11.3. The van der Waals surface area contributed by atoms with Gasteiger partial charge in [-0.25, -0.2) is 4.98 Å². The Labute approximate surface area is 112 Å². The van der Waals surface area contributed by atoms with Crippen molar-refractivity contribution in [3.63, 3.8) is 0 Å². The van der Waals surface area contributed by atoms with Gasteiger partial charge in [0.2, 0.25) is 5.91 Å². The second-order valence-electron chi connectivity index (χ2n) is 5.58. The molecular weight excluding hydrogens is 242 g/mol. The van der Waals surface area contributed by atoms with Crippen LogP contribution in [0.5, 0.6) is 0 Å². The number of rotatable bonds is 3. The van der Waals surface area contributed by atoms with Crippen molar-refractivity contribution in [2.45, 2.75) is 45.7 Å². The van der Waals surface area contributed by atoms with E-state index in [1.165, 1.54) is 19.3 Å². The lowest BCUT2D eigenvalue weighted by Crippen LogP contribution is -2.39. The first-order chi connectivity index (χ1) is 9.19. The zero-order valence-electron chi connectivity index (χ0n) is 11.3. The first kappa shape index (κ1) is 12.4. The SMILES string of the molecule is Cc1nc(C=O)c2n1CCN(C(=O)CC1CCC1)C2. The van der Waals surface area contributed by atoms with Crippen LogP contribution < -0.4 is 0 Å². The fraction of sp³-hybridized carbons (Fsp3) is 0.643. The monoisotopic (exact) mass is 261 g/mol. The van der Waals surface area contributed by atoms with Crippen LogP contribution in [0.2, 0.25) is 0 Å². The highest BCUT2D eigenvalue weighted by molar-refractivity contribution is 5.78. The Morgan fingerprint density at radius 3 is 2.84 bits per heavy atom. The smallest absolute Gasteiger partial charge is 0.223 e. The largest absolute Gasteiger partial charge is 0.335 e. The molecule has 1 aliphatic carbocycles. The van der Waals surface area contributed by atoms with Crippen LogP contribution >= 0.6 is 0 Å². The van der Waals surface area contributed by atoms with Crippen LogP contribution in [-0.2, 0) is 17.9 Å². The number of imidazole rings is 1. The number of hydrogen-bond acceptors (Lipinski definition) is 3. The Hall–Kier alpha value is -1.65. The Morgan fingerprint density at radius 2 is 2.21 bits per heavy atom. The highest BCUT2D eigenvalue weighted by Crippen LogP contribution is 2.30. The van der Waals surface area contributed by atoms with Crippen LogP contribution in [0, 0.1) is 12.8 Å². The Balaban J connectivity index is 1.73. The van der Waals surface area contributed by atoms with Crippen molar-refractivity contribution in [3.8, 4) is 0 Å². The lowest BCUT2D eigenvalue weighted by atomic mass is 9.82. The lowest BCUT2D eigenvalue weighted by Gasteiger charge is -2.32. The molecule has 1 amide bonds. The van der Waals surface area contributed by atoms with Crippen molar-refractivity contribution >= 4 is 12.2 Å². The van der Waals surface area contributed by atoms with Gasteiger partial charge < -0.3 is 9.47 Å². The van der Waals surface area contributed by atoms with Gasteiger partial charge in [0.15, 0.2) is 6.29 Å². The highest BCUT2D eigenvalue weighted by Gasteiger charge is 2.28. The third kappa shape index (κ3) is 2.17. The average Bonchev–Trinajstić information content (AvgIpc) is 2.70. The second-order valence-corrected chi connectivity index (χ2v) is 5.58. The molecule has 1 fully saturated rings. The molecule has 0 spiro atoms. The van der Waals surface area contributed by atoms with Crippen molar-refractivity contribution in [3.05, 3.63) is 17.2 Å². The van der Waals surface area contributed by atoms with Gasteiger partial charge in [0, 0.05) is 19.5 Å². The molecule has 0 aromatic carbocycles. The van der Waals surface area contributed by atoms with E-state index >= 15 is 0 Å². The van der Waals surface area contributed by atoms with Gasteiger partial charge in [0.25, 0.3) is 0 Å². The van der Waals surface area contributed by atoms with Crippen LogP contribution in [0.3, 0.4) is 0 Å². The highest BCUT2D eigenvalue weighted by atomic mass is 16.2. The number of hydrogen-bond donors (Lipinski definition) is 0. The maximum atomic E-state index is 12.2. The predicted octanol–water partition coefficient (Wildman–Crippen LogP) is 1.54. The predicted molar refractivity (Wildman–Crippen MR) is 69.7 cm³/mol. The van der Waals surface area contributed by atoms with Crippen LogP contribution in [0.4, 0.5) is 0 Å². The Morgan fingerprint density at radius 1 is 1.42 bits per heavy atom. The van der Waals surface area contributed by atoms with Gasteiger partial charge in [-0.2, -0.15) is 0 Å². The van der Waals surface area contributed by atoms with E-state index in [1.54, 1.807) is 0 Å². The third-order valence-corrected chi connectivity index (χ3v) is 4.38. The summed E-state index contributed by atoms with van der Waals surface area (Å²) in [5, 5.41) is 0. The summed E-state index contributed by atoms with van der Waals surface area (Å²) in [5.74, 6) is 1.68. The van der Waals surface area contributed by atoms with Crippen molar-refractivity contribution < 1.29 is 9.59 Å². The van der Waals surface area contributed by atoms with E-state index in [2.05, 4.69) is 9.55 Å². The first-order valence-electron chi connectivity index (χ1n) is 6.98. The Kier molecular flexibility index (Phi) is 3.12. The molecular formula is C14H19N3O2. The standard InChI is InChI=1S/C14H19N3O2/c1-10-15-12(9-18)13-8-16(5-6-17(10)13)14(19)7-11-3-2-4-11/h9,11H,2-8H2,1H3. The van der Waals surface area contributed by atoms with Crippen molar-refractivity contribution in [2.75, 3.05) is 6.54 Å². The fourth-order valence-corrected chi connectivity index (χ4v) is 2.96. The number of aromatic nitrogens is 2. The van der Waals surface area contributed by atoms with Crippen molar-refractivity contribution in [2.24, 2.45) is 5.92 Å². The number of fused-ring (bicyclic) bond motifs is 1. The van der Waals surface area contributed by atoms with Gasteiger partial charge in [-0.3, -0.25) is 9.59 Å². The number of carbonyl (C=O) groups excluding carboxylic acids is 2. The molecule has 2 aliphatic rings. The average molecular weight is 261 g/mol. The van der Waals surface area contributed by atoms with Crippen LogP contribution in [-0.4, -0.2) is 33.2 Å². The van der Waals surface area contributed by atoms with Gasteiger partial charge in [-0.1, -0.05) is 6.42 Å². The summed E-state index contributed by atoms with van der Waals surface area (Å²) in [6, 6.07) is 0. The zero-order chi connectivity index (χ0) is 13.4. The molecule has 3 rings (SSSR count). The molecule has 1 aliphatic heterocycles. The molecule has 0 saturated heterocycles. The summed E-state index contributed by atoms with van der Waals surface area (Å²) in [6.07, 6.45) is 5.11. The van der Waals surface area contributed by atoms with Gasteiger partial charge in [0.05, 0.1) is 12.2 Å². The van der Waals surface area contributed by atoms with Gasteiger partial charge in [-0.15, -0.1) is 0 Å². The molecule has 0 N–H and O–H groups in total. The summed E-state index contributed by atoms with van der Waals surface area (Å²) >= 11 is 0. The molecule has 0 unspecified atom stereocenters. The molecule has 0 bridgehead atoms. The minimum atomic E-state index is 0.228. The summed E-state index contributed by atoms with van der Waals surface area (Å²) in [4.78, 5) is 29.4. The number of aldehydes is 1. The van der Waals surface area contributed by atoms with Gasteiger partial charge >= 0.3 is 0 Å². The molecule has 2 heterocycles. The molecule has 1 saturated carbocycles. The summed E-state index contributed by atoms with van der Waals surface area (Å²) in [5.41, 5.74) is 1.37. The molecule has 0 atom stereocenters. The van der Waals surface area contributed by atoms with E-state index in [-0.39, 0.29) is 5.91 Å². The van der Waals surface area contributed by atoms with E-state index in [4.69, 9.17) is 0 Å². The minimum Gasteiger partial charge on any atom is -0.335 e. The fourth-order valence-electron chi connectivity index (χ4n) is 2.96. The minimum absolute atomic E-state index is 0.228. The van der Waals surface area contributed by atoms with E-state index in [9.17, 15) is 9.59 Å². The molecule has 5 heteroatoms. The van der Waals surface area contributed by atoms with Crippen LogP contribution in [0.25, 0.3) is 0 Å². The summed E-state index contributed by atoms with van der Waals surface area (Å²) in [6.45, 7) is 3.91. The molecule has 5 nitrogen and oxygen atoms in total. The van der Waals surface area contributed by atoms with E-state index < -0.39 is 0 Å². The van der Waals surface area contributed by atoms with Crippen molar-refractivity contribution in [1.29, 1.82) is 0 Å². The summed E-state index contributed by atoms with van der Waals surface area (Å²) in [7, 11) is 0. The quantitative estimate of drug-likeness (QED) is 0.775. The van der Waals surface area contributed by atoms with E-state index in [0.717, 1.165) is 30.9 Å². The number of carbonyl (C=O) groups is 2. The number of nitrogens with zero attached hydrogens (tertiary/aromatic N) is 3. The maximum absolute atomic E-state index is 12.2. The van der Waals surface area contributed by atoms with Gasteiger partial charge in [-0.05, 0) is 25.7 Å². The van der Waals surface area contributed by atoms with E-state index in [0.29, 0.717) is 24.6 Å². The summed E-state index contributed by atoms with van der Waals surface area (Å²) < 4.78 is 2.05. The topological polar surface area (TPSA) is 55.2 Å². The molecule has 102 valence electrons. The number of aryl methyl sites for hydroxylation is 1. The van der Waals surface area contributed by atoms with Crippen molar-refractivity contribution in [1.82, 2.24) is 14.5 Å². The van der Waals surface area contributed by atoms with E-state index in [1.807, 2.05) is 11.8 Å². The Bertz CT molecular complexity index is 517. The van der Waals surface area contributed by atoms with Crippen LogP contribution in [0.1, 0.15) is 47.7 Å². The van der Waals surface area contributed by atoms with Crippen LogP contribution in [0.15, 0.2) is 0 Å². The number of amides is 1. The molecule has 1 aromatic heterocycles. The normalized spacial score (nSPS) is 18.9. The maximum Gasteiger partial charge on any atom is 0.223 e. The second kappa shape index (κ2) is 4.79.